The topological polar surface area (TPSA) is 3.24 Å². The van der Waals surface area contributed by atoms with Crippen molar-refractivity contribution in [3.05, 3.63) is 185 Å². The van der Waals surface area contributed by atoms with Crippen molar-refractivity contribution in [2.45, 2.75) is 77.0 Å². The Labute approximate surface area is 360 Å². The standard InChI is InChI=1S/C57H56IN/c1-54(2,3)38-24-26-44-46-34-53-47(33-52(46)56(6,7)50(44)31-38)45-30-37(23-28-49(45)57(53,8)35-58(9)10)36-17-16-20-40(29-36)59(39-18-12-11-13-19-39)41-25-27-43-42-21-14-15-22-48(42)55(4,5)51(43)32-41/h11-34H,35H2,1-10H3. The molecule has 0 N–H and O–H groups in total. The molecule has 2 heteroatoms. The van der Waals surface area contributed by atoms with Gasteiger partial charge < -0.3 is 0 Å². The molecule has 0 radical (unpaired) electrons. The van der Waals surface area contributed by atoms with Gasteiger partial charge in [0, 0.05) is 5.41 Å². The molecule has 0 spiro atoms. The Morgan fingerprint density at radius 3 is 1.75 bits per heavy atom. The average molecular weight is 882 g/mol. The molecule has 1 atom stereocenters. The molecule has 3 aliphatic carbocycles. The molecule has 1 unspecified atom stereocenters. The second-order valence-electron chi connectivity index (χ2n) is 19.8. The fourth-order valence-corrected chi connectivity index (χ4v) is 14.7. The minimum absolute atomic E-state index is 0.00219. The third-order valence-corrected chi connectivity index (χ3v) is 17.0. The van der Waals surface area contributed by atoms with Crippen molar-refractivity contribution in [1.82, 2.24) is 0 Å². The number of halogens is 1. The Balaban J connectivity index is 1.09. The van der Waals surface area contributed by atoms with Gasteiger partial charge in [0.15, 0.2) is 0 Å². The molecule has 0 saturated carbocycles. The third kappa shape index (κ3) is 5.83. The molecule has 0 aromatic heterocycles. The van der Waals surface area contributed by atoms with Crippen LogP contribution < -0.4 is 4.90 Å². The Kier molecular flexibility index (Phi) is 8.62. The zero-order valence-corrected chi connectivity index (χ0v) is 38.5. The molecule has 7 aromatic carbocycles. The van der Waals surface area contributed by atoms with Crippen LogP contribution >= 0.6 is 19.8 Å². The van der Waals surface area contributed by atoms with E-state index in [9.17, 15) is 0 Å². The molecule has 1 nitrogen and oxygen atoms in total. The van der Waals surface area contributed by atoms with Crippen LogP contribution in [-0.4, -0.2) is 14.3 Å². The minimum atomic E-state index is -1.13. The van der Waals surface area contributed by atoms with Gasteiger partial charge in [-0.15, -0.1) is 0 Å². The summed E-state index contributed by atoms with van der Waals surface area (Å²) in [4.78, 5) is 7.50. The van der Waals surface area contributed by atoms with Crippen molar-refractivity contribution >= 4 is 36.9 Å². The first-order chi connectivity index (χ1) is 28.1. The molecular weight excluding hydrogens is 826 g/mol. The summed E-state index contributed by atoms with van der Waals surface area (Å²) < 4.78 is 1.26. The molecule has 3 aliphatic rings. The summed E-state index contributed by atoms with van der Waals surface area (Å²) >= 11 is -1.13. The zero-order valence-electron chi connectivity index (χ0n) is 36.4. The fraction of sp³-hybridized carbons (Fsp3) is 0.263. The van der Waals surface area contributed by atoms with Gasteiger partial charge in [-0.05, 0) is 22.3 Å². The molecule has 0 fully saturated rings. The van der Waals surface area contributed by atoms with Gasteiger partial charge in [-0.2, -0.15) is 0 Å². The SMILES string of the molecule is CI(C)CC1(C)c2ccc(-c3cccc(N(c4ccccc4)c4ccc5c(c4)C(C)(C)c4ccccc4-5)c3)cc2-c2cc3c(cc21)-c1ccc(C(C)(C)C)cc1C3(C)C. The maximum absolute atomic E-state index is 2.61. The van der Waals surface area contributed by atoms with Crippen molar-refractivity contribution in [2.24, 2.45) is 0 Å². The van der Waals surface area contributed by atoms with Crippen molar-refractivity contribution in [2.75, 3.05) is 19.2 Å². The second-order valence-corrected chi connectivity index (χ2v) is 25.8. The van der Waals surface area contributed by atoms with E-state index in [0.29, 0.717) is 0 Å². The normalized spacial score (nSPS) is 17.7. The predicted octanol–water partition coefficient (Wildman–Crippen LogP) is 15.8. The van der Waals surface area contributed by atoms with Crippen LogP contribution in [0, 0.1) is 0 Å². The van der Waals surface area contributed by atoms with E-state index < -0.39 is 19.8 Å². The van der Waals surface area contributed by atoms with Crippen LogP contribution in [0.25, 0.3) is 44.5 Å². The van der Waals surface area contributed by atoms with Crippen molar-refractivity contribution in [1.29, 1.82) is 0 Å². The Morgan fingerprint density at radius 2 is 0.983 bits per heavy atom. The van der Waals surface area contributed by atoms with Gasteiger partial charge in [0.05, 0.1) is 0 Å². The number of benzene rings is 7. The summed E-state index contributed by atoms with van der Waals surface area (Å²) in [7, 11) is 0. The number of rotatable bonds is 6. The van der Waals surface area contributed by atoms with E-state index in [2.05, 4.69) is 216 Å². The van der Waals surface area contributed by atoms with Gasteiger partial charge in [0.2, 0.25) is 0 Å². The third-order valence-electron chi connectivity index (χ3n) is 14.0. The van der Waals surface area contributed by atoms with Gasteiger partial charge in [-0.25, -0.2) is 0 Å². The molecule has 7 aromatic rings. The number of hydrogen-bond donors (Lipinski definition) is 0. The van der Waals surface area contributed by atoms with Gasteiger partial charge in [0.25, 0.3) is 0 Å². The van der Waals surface area contributed by atoms with Crippen LogP contribution in [0.4, 0.5) is 17.1 Å². The van der Waals surface area contributed by atoms with Gasteiger partial charge in [-0.3, -0.25) is 0 Å². The van der Waals surface area contributed by atoms with Crippen molar-refractivity contribution in [3.63, 3.8) is 0 Å². The van der Waals surface area contributed by atoms with Crippen molar-refractivity contribution < 1.29 is 0 Å². The number of hydrogen-bond acceptors (Lipinski definition) is 1. The Morgan fingerprint density at radius 1 is 0.424 bits per heavy atom. The van der Waals surface area contributed by atoms with Crippen LogP contribution in [0.2, 0.25) is 0 Å². The first kappa shape index (κ1) is 38.3. The van der Waals surface area contributed by atoms with Crippen LogP contribution in [0.5, 0.6) is 0 Å². The number of para-hydroxylation sites is 1. The molecule has 0 heterocycles. The first-order valence-corrected chi connectivity index (χ1v) is 27.1. The average Bonchev–Trinajstić information content (AvgIpc) is 3.69. The molecule has 296 valence electrons. The Bertz CT molecular complexity index is 2830. The molecule has 0 bridgehead atoms. The van der Waals surface area contributed by atoms with Gasteiger partial charge in [0.1, 0.15) is 0 Å². The van der Waals surface area contributed by atoms with E-state index in [1.54, 1.807) is 0 Å². The summed E-state index contributed by atoms with van der Waals surface area (Å²) in [5.41, 5.74) is 24.5. The quantitative estimate of drug-likeness (QED) is 0.119. The van der Waals surface area contributed by atoms with E-state index in [1.807, 2.05) is 0 Å². The van der Waals surface area contributed by atoms with E-state index in [-0.39, 0.29) is 21.7 Å². The summed E-state index contributed by atoms with van der Waals surface area (Å²) in [5.74, 6) is 0. The molecule has 0 aliphatic heterocycles. The number of anilines is 3. The van der Waals surface area contributed by atoms with E-state index >= 15 is 0 Å². The maximum atomic E-state index is 2.61. The summed E-state index contributed by atoms with van der Waals surface area (Å²) in [5, 5.41) is 0. The van der Waals surface area contributed by atoms with Crippen LogP contribution in [0.1, 0.15) is 94.3 Å². The first-order valence-electron chi connectivity index (χ1n) is 21.2. The van der Waals surface area contributed by atoms with E-state index in [0.717, 1.165) is 11.4 Å². The second kappa shape index (κ2) is 13.3. The van der Waals surface area contributed by atoms with Crippen LogP contribution in [-0.2, 0) is 21.7 Å². The zero-order chi connectivity index (χ0) is 41.2. The van der Waals surface area contributed by atoms with E-state index in [4.69, 9.17) is 0 Å². The van der Waals surface area contributed by atoms with Crippen LogP contribution in [0.3, 0.4) is 0 Å². The van der Waals surface area contributed by atoms with Gasteiger partial charge in [-0.1, -0.05) is 62.4 Å². The predicted molar refractivity (Wildman–Crippen MR) is 263 cm³/mol. The van der Waals surface area contributed by atoms with Gasteiger partial charge >= 0.3 is 272 Å². The number of alkyl halides is 3. The Hall–Kier alpha value is -4.93. The van der Waals surface area contributed by atoms with E-state index in [1.165, 1.54) is 93.6 Å². The molecule has 59 heavy (non-hydrogen) atoms. The summed E-state index contributed by atoms with van der Waals surface area (Å²) in [6.07, 6.45) is 0. The molecule has 0 saturated heterocycles. The molecule has 10 rings (SSSR count). The number of fused-ring (bicyclic) bond motifs is 9. The molecule has 0 amide bonds. The summed E-state index contributed by atoms with van der Waals surface area (Å²) in [6, 6.07) is 56.0. The van der Waals surface area contributed by atoms with Crippen molar-refractivity contribution in [3.8, 4) is 44.5 Å². The summed E-state index contributed by atoms with van der Waals surface area (Å²) in [6.45, 7) is 19.1. The fourth-order valence-electron chi connectivity index (χ4n) is 10.9. The molecular formula is C57H56IN. The number of nitrogens with zero attached hydrogens (tertiary/aromatic N) is 1. The monoisotopic (exact) mass is 881 g/mol. The van der Waals surface area contributed by atoms with Crippen LogP contribution in [0.15, 0.2) is 146 Å².